The largest absolute Gasteiger partial charge is 0.367 e. The van der Waals surface area contributed by atoms with Crippen LogP contribution in [0.2, 0.25) is 0 Å². The molecule has 0 bridgehead atoms. The lowest BCUT2D eigenvalue weighted by molar-refractivity contribution is -0.150. The third-order valence-corrected chi connectivity index (χ3v) is 3.85. The molecule has 1 aliphatic heterocycles. The fraction of sp³-hybridized carbons (Fsp3) is 0.667. The highest BCUT2D eigenvalue weighted by atomic mass is 16.5. The Hall–Kier alpha value is -1.89. The molecule has 1 saturated heterocycles. The summed E-state index contributed by atoms with van der Waals surface area (Å²) in [5.41, 5.74) is 5.65. The number of carbonyl (C=O) groups is 2. The maximum atomic E-state index is 12.7. The van der Waals surface area contributed by atoms with Crippen molar-refractivity contribution in [2.45, 2.75) is 32.8 Å². The summed E-state index contributed by atoms with van der Waals surface area (Å²) in [5, 5.41) is 4.38. The lowest BCUT2D eigenvalue weighted by atomic mass is 10.0. The fourth-order valence-electron chi connectivity index (χ4n) is 2.60. The molecule has 0 unspecified atom stereocenters. The molecule has 1 aromatic rings. The Morgan fingerprint density at radius 2 is 2.18 bits per heavy atom. The number of hydrogen-bond acceptors (Lipinski definition) is 4. The predicted octanol–water partition coefficient (Wildman–Crippen LogP) is 0.335. The van der Waals surface area contributed by atoms with Crippen LogP contribution < -0.4 is 5.73 Å². The molecule has 2 N–H and O–H groups in total. The summed E-state index contributed by atoms with van der Waals surface area (Å²) in [6.45, 7) is 6.72. The lowest BCUT2D eigenvalue weighted by Gasteiger charge is -2.38. The van der Waals surface area contributed by atoms with Gasteiger partial charge >= 0.3 is 0 Å². The SMILES string of the molecule is CC(C)Cc1cc(C(=O)N2CCO[C@@](C)(C(N)=O)C2)n(C)n1. The molecule has 7 nitrogen and oxygen atoms in total. The Balaban J connectivity index is 2.17. The third kappa shape index (κ3) is 3.30. The highest BCUT2D eigenvalue weighted by Gasteiger charge is 2.39. The number of nitrogens with two attached hydrogens (primary N) is 1. The molecule has 0 aromatic carbocycles. The molecular formula is C15H24N4O3. The minimum absolute atomic E-state index is 0.152. The van der Waals surface area contributed by atoms with Crippen LogP contribution in [0.1, 0.15) is 37.0 Å². The topological polar surface area (TPSA) is 90.5 Å². The van der Waals surface area contributed by atoms with Gasteiger partial charge in [0.1, 0.15) is 5.69 Å². The van der Waals surface area contributed by atoms with Crippen LogP contribution in [-0.4, -0.2) is 51.8 Å². The summed E-state index contributed by atoms with van der Waals surface area (Å²) < 4.78 is 7.03. The maximum Gasteiger partial charge on any atom is 0.272 e. The van der Waals surface area contributed by atoms with E-state index in [0.717, 1.165) is 12.1 Å². The Labute approximate surface area is 130 Å². The molecule has 1 aromatic heterocycles. The molecule has 0 radical (unpaired) electrons. The van der Waals surface area contributed by atoms with E-state index in [-0.39, 0.29) is 12.5 Å². The van der Waals surface area contributed by atoms with Gasteiger partial charge in [-0.05, 0) is 25.3 Å². The number of aromatic nitrogens is 2. The minimum atomic E-state index is -1.13. The summed E-state index contributed by atoms with van der Waals surface area (Å²) in [6.07, 6.45) is 0.823. The first-order valence-corrected chi connectivity index (χ1v) is 7.49. The quantitative estimate of drug-likeness (QED) is 0.868. The standard InChI is InChI=1S/C15H24N4O3/c1-10(2)7-11-8-12(18(4)17-11)13(20)19-5-6-22-15(3,9-19)14(16)21/h8,10H,5-7,9H2,1-4H3,(H2,16,21)/t15-/m1/s1. The van der Waals surface area contributed by atoms with Gasteiger partial charge in [-0.15, -0.1) is 0 Å². The van der Waals surface area contributed by atoms with Crippen molar-refractivity contribution in [1.82, 2.24) is 14.7 Å². The van der Waals surface area contributed by atoms with E-state index < -0.39 is 11.5 Å². The highest BCUT2D eigenvalue weighted by molar-refractivity contribution is 5.93. The van der Waals surface area contributed by atoms with Crippen molar-refractivity contribution in [2.75, 3.05) is 19.7 Å². The zero-order chi connectivity index (χ0) is 16.5. The number of carbonyl (C=O) groups excluding carboxylic acids is 2. The molecule has 0 saturated carbocycles. The van der Waals surface area contributed by atoms with Crippen LogP contribution in [0, 0.1) is 5.92 Å². The number of ether oxygens (including phenoxy) is 1. The lowest BCUT2D eigenvalue weighted by Crippen LogP contribution is -2.58. The first-order chi connectivity index (χ1) is 10.2. The van der Waals surface area contributed by atoms with E-state index in [9.17, 15) is 9.59 Å². The monoisotopic (exact) mass is 308 g/mol. The third-order valence-electron chi connectivity index (χ3n) is 3.85. The second kappa shape index (κ2) is 6.08. The van der Waals surface area contributed by atoms with Gasteiger partial charge < -0.3 is 15.4 Å². The molecule has 0 spiro atoms. The van der Waals surface area contributed by atoms with E-state index in [1.54, 1.807) is 23.6 Å². The number of rotatable bonds is 4. The molecule has 2 amide bonds. The van der Waals surface area contributed by atoms with Crippen LogP contribution in [0.5, 0.6) is 0 Å². The highest BCUT2D eigenvalue weighted by Crippen LogP contribution is 2.19. The van der Waals surface area contributed by atoms with Gasteiger partial charge in [-0.3, -0.25) is 14.3 Å². The molecule has 1 aliphatic rings. The average Bonchev–Trinajstić information content (AvgIpc) is 2.77. The van der Waals surface area contributed by atoms with Crippen molar-refractivity contribution in [3.63, 3.8) is 0 Å². The van der Waals surface area contributed by atoms with Crippen LogP contribution in [0.25, 0.3) is 0 Å². The molecule has 2 rings (SSSR count). The predicted molar refractivity (Wildman–Crippen MR) is 81.2 cm³/mol. The summed E-state index contributed by atoms with van der Waals surface area (Å²) in [5.74, 6) is -0.240. The second-order valence-electron chi connectivity index (χ2n) is 6.41. The molecule has 7 heteroatoms. The maximum absolute atomic E-state index is 12.7. The van der Waals surface area contributed by atoms with Crippen molar-refractivity contribution in [3.8, 4) is 0 Å². The molecule has 0 aliphatic carbocycles. The molecular weight excluding hydrogens is 284 g/mol. The number of primary amides is 1. The number of hydrogen-bond donors (Lipinski definition) is 1. The summed E-state index contributed by atoms with van der Waals surface area (Å²) >= 11 is 0. The van der Waals surface area contributed by atoms with Crippen LogP contribution in [-0.2, 0) is 23.0 Å². The van der Waals surface area contributed by atoms with Gasteiger partial charge in [0.15, 0.2) is 5.60 Å². The average molecular weight is 308 g/mol. The Morgan fingerprint density at radius 3 is 2.77 bits per heavy atom. The van der Waals surface area contributed by atoms with Crippen LogP contribution in [0.3, 0.4) is 0 Å². The van der Waals surface area contributed by atoms with Crippen molar-refractivity contribution < 1.29 is 14.3 Å². The van der Waals surface area contributed by atoms with Gasteiger partial charge in [-0.25, -0.2) is 0 Å². The van der Waals surface area contributed by atoms with Gasteiger partial charge in [-0.2, -0.15) is 5.10 Å². The van der Waals surface area contributed by atoms with Crippen LogP contribution in [0.15, 0.2) is 6.07 Å². The van der Waals surface area contributed by atoms with Gasteiger partial charge in [0.25, 0.3) is 11.8 Å². The van der Waals surface area contributed by atoms with Crippen molar-refractivity contribution in [2.24, 2.45) is 18.7 Å². The van der Waals surface area contributed by atoms with Crippen molar-refractivity contribution in [1.29, 1.82) is 0 Å². The number of nitrogens with zero attached hydrogens (tertiary/aromatic N) is 3. The fourth-order valence-corrected chi connectivity index (χ4v) is 2.60. The van der Waals surface area contributed by atoms with E-state index in [4.69, 9.17) is 10.5 Å². The summed E-state index contributed by atoms with van der Waals surface area (Å²) in [7, 11) is 1.75. The Morgan fingerprint density at radius 1 is 1.50 bits per heavy atom. The van der Waals surface area contributed by atoms with E-state index >= 15 is 0 Å². The van der Waals surface area contributed by atoms with E-state index in [2.05, 4.69) is 18.9 Å². The first kappa shape index (κ1) is 16.5. The number of amides is 2. The van der Waals surface area contributed by atoms with Gasteiger partial charge in [-0.1, -0.05) is 13.8 Å². The van der Waals surface area contributed by atoms with E-state index in [0.29, 0.717) is 24.8 Å². The van der Waals surface area contributed by atoms with Crippen molar-refractivity contribution in [3.05, 3.63) is 17.5 Å². The second-order valence-corrected chi connectivity index (χ2v) is 6.41. The van der Waals surface area contributed by atoms with Gasteiger partial charge in [0.2, 0.25) is 0 Å². The Bertz CT molecular complexity index is 581. The molecule has 1 fully saturated rings. The van der Waals surface area contributed by atoms with Gasteiger partial charge in [0, 0.05) is 13.6 Å². The summed E-state index contributed by atoms with van der Waals surface area (Å²) in [6, 6.07) is 1.82. The molecule has 22 heavy (non-hydrogen) atoms. The van der Waals surface area contributed by atoms with Crippen LogP contribution in [0.4, 0.5) is 0 Å². The van der Waals surface area contributed by atoms with Crippen molar-refractivity contribution >= 4 is 11.8 Å². The first-order valence-electron chi connectivity index (χ1n) is 7.49. The number of aryl methyl sites for hydroxylation is 1. The molecule has 1 atom stereocenters. The van der Waals surface area contributed by atoms with Crippen LogP contribution >= 0.6 is 0 Å². The minimum Gasteiger partial charge on any atom is -0.367 e. The van der Waals surface area contributed by atoms with E-state index in [1.165, 1.54) is 0 Å². The Kier molecular flexibility index (Phi) is 4.55. The number of morpholine rings is 1. The molecule has 122 valence electrons. The van der Waals surface area contributed by atoms with E-state index in [1.807, 2.05) is 6.07 Å². The normalized spacial score (nSPS) is 22.1. The van der Waals surface area contributed by atoms with Gasteiger partial charge in [0.05, 0.1) is 18.8 Å². The zero-order valence-corrected chi connectivity index (χ0v) is 13.6. The smallest absolute Gasteiger partial charge is 0.272 e. The summed E-state index contributed by atoms with van der Waals surface area (Å²) in [4.78, 5) is 25.8. The zero-order valence-electron chi connectivity index (χ0n) is 13.6. The molecule has 2 heterocycles.